The monoisotopic (exact) mass is 399 g/mol. The molecule has 3 amide bonds. The number of benzene rings is 1. The fourth-order valence-corrected chi connectivity index (χ4v) is 3.65. The number of rotatable bonds is 4. The average molecular weight is 400 g/mol. The minimum Gasteiger partial charge on any atom is -0.481 e. The molecule has 0 radical (unpaired) electrons. The van der Waals surface area contributed by atoms with Crippen molar-refractivity contribution < 1.29 is 29.0 Å². The first-order valence-electron chi connectivity index (χ1n) is 8.48. The molecule has 0 atom stereocenters. The second kappa shape index (κ2) is 7.32. The molecule has 0 bridgehead atoms. The lowest BCUT2D eigenvalue weighted by atomic mass is 9.88. The summed E-state index contributed by atoms with van der Waals surface area (Å²) in [4.78, 5) is 36.9. The number of imide groups is 1. The zero-order valence-electron chi connectivity index (χ0n) is 14.4. The van der Waals surface area contributed by atoms with Gasteiger partial charge in [0.25, 0.3) is 0 Å². The molecule has 2 heterocycles. The van der Waals surface area contributed by atoms with E-state index in [4.69, 9.17) is 16.7 Å². The van der Waals surface area contributed by atoms with Crippen LogP contribution in [0.3, 0.4) is 0 Å². The quantitative estimate of drug-likeness (QED) is 0.711. The van der Waals surface area contributed by atoms with Gasteiger partial charge in [-0.15, -0.1) is 0 Å². The van der Waals surface area contributed by atoms with Crippen LogP contribution in [0.5, 0.6) is 0 Å². The summed E-state index contributed by atoms with van der Waals surface area (Å²) in [6.07, 6.45) is 0.120. The third-order valence-corrected chi connectivity index (χ3v) is 5.18. The number of carbonyl (C=O) groups excluding carboxylic acids is 2. The van der Waals surface area contributed by atoms with Crippen LogP contribution in [0, 0.1) is 5.82 Å². The topological polar surface area (TPSA) is 110 Å². The van der Waals surface area contributed by atoms with E-state index in [-0.39, 0.29) is 61.7 Å². The maximum Gasteiger partial charge on any atom is 0.328 e. The molecule has 1 aromatic carbocycles. The first-order valence-corrected chi connectivity index (χ1v) is 8.86. The molecule has 0 saturated carbocycles. The molecule has 146 valence electrons. The predicted octanol–water partition coefficient (Wildman–Crippen LogP) is 1.73. The van der Waals surface area contributed by atoms with Gasteiger partial charge in [0.1, 0.15) is 5.82 Å². The molecule has 2 fully saturated rings. The Kier molecular flexibility index (Phi) is 5.25. The van der Waals surface area contributed by atoms with Crippen molar-refractivity contribution in [3.05, 3.63) is 23.0 Å². The molecule has 3 rings (SSSR count). The number of carboxylic acids is 1. The molecule has 0 unspecified atom stereocenters. The zero-order valence-corrected chi connectivity index (χ0v) is 15.1. The summed E-state index contributed by atoms with van der Waals surface area (Å²) in [5.74, 6) is -2.07. The van der Waals surface area contributed by atoms with E-state index in [2.05, 4.69) is 5.32 Å². The lowest BCUT2D eigenvalue weighted by molar-refractivity contribution is -0.143. The Morgan fingerprint density at radius 3 is 2.48 bits per heavy atom. The second-order valence-corrected chi connectivity index (χ2v) is 7.20. The zero-order chi connectivity index (χ0) is 19.8. The Bertz CT molecular complexity index is 795. The summed E-state index contributed by atoms with van der Waals surface area (Å²) < 4.78 is 14.7. The molecule has 0 aromatic heterocycles. The van der Waals surface area contributed by atoms with Gasteiger partial charge in [-0.25, -0.2) is 9.18 Å². The van der Waals surface area contributed by atoms with Gasteiger partial charge in [-0.05, 0) is 18.9 Å². The molecule has 0 spiro atoms. The molecule has 1 aromatic rings. The van der Waals surface area contributed by atoms with Crippen LogP contribution in [0.25, 0.3) is 0 Å². The summed E-state index contributed by atoms with van der Waals surface area (Å²) in [6.45, 7) is 0.652. The van der Waals surface area contributed by atoms with Gasteiger partial charge in [0.2, 0.25) is 5.91 Å². The first-order chi connectivity index (χ1) is 12.7. The number of amides is 3. The molecule has 2 saturated heterocycles. The van der Waals surface area contributed by atoms with E-state index in [1.165, 1.54) is 11.0 Å². The van der Waals surface area contributed by atoms with Crippen molar-refractivity contribution in [2.75, 3.05) is 29.4 Å². The van der Waals surface area contributed by atoms with Crippen molar-refractivity contribution in [3.8, 4) is 0 Å². The number of carboxylic acid groups (broad SMARTS) is 1. The summed E-state index contributed by atoms with van der Waals surface area (Å²) in [7, 11) is 0. The molecular formula is C17H19ClFN3O5. The van der Waals surface area contributed by atoms with Crippen LogP contribution in [0.15, 0.2) is 12.1 Å². The molecular weight excluding hydrogens is 381 g/mol. The number of carbonyl (C=O) groups is 3. The van der Waals surface area contributed by atoms with Crippen LogP contribution in [-0.4, -0.2) is 53.4 Å². The lowest BCUT2D eigenvalue weighted by Gasteiger charge is -2.39. The number of hydrogen-bond donors (Lipinski definition) is 3. The van der Waals surface area contributed by atoms with Crippen LogP contribution in [0.4, 0.5) is 20.6 Å². The summed E-state index contributed by atoms with van der Waals surface area (Å²) >= 11 is 6.25. The van der Waals surface area contributed by atoms with Crippen molar-refractivity contribution in [2.45, 2.75) is 31.3 Å². The molecule has 3 N–H and O–H groups in total. The highest BCUT2D eigenvalue weighted by atomic mass is 35.5. The fraction of sp³-hybridized carbons (Fsp3) is 0.471. The summed E-state index contributed by atoms with van der Waals surface area (Å²) in [5.41, 5.74) is -0.919. The molecule has 10 heteroatoms. The Morgan fingerprint density at radius 2 is 1.89 bits per heavy atom. The van der Waals surface area contributed by atoms with Crippen molar-refractivity contribution in [2.24, 2.45) is 0 Å². The van der Waals surface area contributed by atoms with Crippen LogP contribution in [0.1, 0.15) is 25.7 Å². The highest BCUT2D eigenvalue weighted by Crippen LogP contribution is 2.36. The maximum absolute atomic E-state index is 14.7. The Morgan fingerprint density at radius 1 is 1.22 bits per heavy atom. The third-order valence-electron chi connectivity index (χ3n) is 4.88. The minimum absolute atomic E-state index is 0.0969. The van der Waals surface area contributed by atoms with Gasteiger partial charge in [0, 0.05) is 32.1 Å². The predicted molar refractivity (Wildman–Crippen MR) is 95.6 cm³/mol. The number of anilines is 2. The van der Waals surface area contributed by atoms with Crippen LogP contribution < -0.4 is 15.1 Å². The molecule has 27 heavy (non-hydrogen) atoms. The van der Waals surface area contributed by atoms with E-state index < -0.39 is 29.3 Å². The van der Waals surface area contributed by atoms with Crippen molar-refractivity contribution >= 4 is 40.9 Å². The molecule has 2 aliphatic rings. The number of halogens is 2. The van der Waals surface area contributed by atoms with Gasteiger partial charge in [0.15, 0.2) is 0 Å². The van der Waals surface area contributed by atoms with E-state index in [9.17, 15) is 23.9 Å². The van der Waals surface area contributed by atoms with Gasteiger partial charge >= 0.3 is 12.0 Å². The van der Waals surface area contributed by atoms with Crippen molar-refractivity contribution in [1.29, 1.82) is 0 Å². The molecule has 2 aliphatic heterocycles. The number of aliphatic carboxylic acids is 1. The number of hydrogen-bond acceptors (Lipinski definition) is 5. The minimum atomic E-state index is -1.30. The molecule has 8 nitrogen and oxygen atoms in total. The highest BCUT2D eigenvalue weighted by molar-refractivity contribution is 6.34. The fourth-order valence-electron chi connectivity index (χ4n) is 3.39. The number of piperidine rings is 1. The van der Waals surface area contributed by atoms with Gasteiger partial charge in [-0.1, -0.05) is 11.6 Å². The largest absolute Gasteiger partial charge is 0.481 e. The number of urea groups is 1. The van der Waals surface area contributed by atoms with E-state index in [0.717, 1.165) is 6.07 Å². The second-order valence-electron chi connectivity index (χ2n) is 6.79. The smallest absolute Gasteiger partial charge is 0.328 e. The van der Waals surface area contributed by atoms with Gasteiger partial charge in [-0.2, -0.15) is 0 Å². The molecule has 0 aliphatic carbocycles. The van der Waals surface area contributed by atoms with E-state index in [1.807, 2.05) is 0 Å². The van der Waals surface area contributed by atoms with Crippen LogP contribution >= 0.6 is 11.6 Å². The summed E-state index contributed by atoms with van der Waals surface area (Å²) in [6, 6.07) is 1.89. The van der Waals surface area contributed by atoms with Crippen LogP contribution in [0.2, 0.25) is 5.02 Å². The van der Waals surface area contributed by atoms with Crippen molar-refractivity contribution in [3.63, 3.8) is 0 Å². The SMILES string of the molecule is O=C(O)CC1(O)CCN(c2cc(Cl)c(N3CCC(=O)NC3=O)cc2F)CC1. The van der Waals surface area contributed by atoms with E-state index >= 15 is 0 Å². The number of aliphatic hydroxyl groups is 1. The number of nitrogens with one attached hydrogen (secondary N) is 1. The summed E-state index contributed by atoms with van der Waals surface area (Å²) in [5, 5.41) is 21.5. The third kappa shape index (κ3) is 4.14. The first kappa shape index (κ1) is 19.4. The van der Waals surface area contributed by atoms with Crippen LogP contribution in [-0.2, 0) is 9.59 Å². The van der Waals surface area contributed by atoms with E-state index in [0.29, 0.717) is 0 Å². The van der Waals surface area contributed by atoms with Crippen molar-refractivity contribution in [1.82, 2.24) is 5.32 Å². The Hall–Kier alpha value is -2.39. The van der Waals surface area contributed by atoms with Gasteiger partial charge < -0.3 is 15.1 Å². The maximum atomic E-state index is 14.7. The Labute approximate surface area is 159 Å². The van der Waals surface area contributed by atoms with E-state index in [1.54, 1.807) is 4.90 Å². The Balaban J connectivity index is 1.77. The standard InChI is InChI=1S/C17H19ClFN3O5/c18-10-7-13(21-5-2-17(27,3-6-21)9-15(24)25)11(19)8-12(10)22-4-1-14(23)20-16(22)26/h7-8,27H,1-6,9H2,(H,24,25)(H,20,23,26). The lowest BCUT2D eigenvalue weighted by Crippen LogP contribution is -2.49. The average Bonchev–Trinajstić information content (AvgIpc) is 2.57. The normalized spacial score (nSPS) is 19.8. The van der Waals surface area contributed by atoms with Gasteiger partial charge in [0.05, 0.1) is 28.4 Å². The highest BCUT2D eigenvalue weighted by Gasteiger charge is 2.35. The number of nitrogens with zero attached hydrogens (tertiary/aromatic N) is 2. The van der Waals surface area contributed by atoms with Gasteiger partial charge in [-0.3, -0.25) is 19.8 Å².